The molecule has 2 aromatic rings. The van der Waals surface area contributed by atoms with Crippen molar-refractivity contribution in [1.82, 2.24) is 4.90 Å². The molecule has 0 saturated carbocycles. The van der Waals surface area contributed by atoms with E-state index in [9.17, 15) is 9.18 Å². The molecular formula is C20H23FN2OS. The van der Waals surface area contributed by atoms with E-state index >= 15 is 0 Å². The first-order valence-corrected chi connectivity index (χ1v) is 9.51. The van der Waals surface area contributed by atoms with Crippen LogP contribution in [-0.2, 0) is 4.79 Å². The van der Waals surface area contributed by atoms with Gasteiger partial charge in [0.1, 0.15) is 5.82 Å². The highest BCUT2D eigenvalue weighted by Gasteiger charge is 2.26. The SMILES string of the molecule is Cc1cccc(N2CCN(C(=O)CSc3ccccc3F)CC2C)c1. The Kier molecular flexibility index (Phi) is 5.63. The number of piperazine rings is 1. The van der Waals surface area contributed by atoms with Crippen molar-refractivity contribution in [3.05, 3.63) is 59.9 Å². The molecule has 1 heterocycles. The Balaban J connectivity index is 1.57. The maximum absolute atomic E-state index is 13.7. The molecule has 1 saturated heterocycles. The first-order valence-electron chi connectivity index (χ1n) is 8.53. The highest BCUT2D eigenvalue weighted by atomic mass is 32.2. The normalized spacial score (nSPS) is 17.6. The Hall–Kier alpha value is -2.01. The number of amides is 1. The van der Waals surface area contributed by atoms with Crippen LogP contribution >= 0.6 is 11.8 Å². The molecule has 0 spiro atoms. The minimum Gasteiger partial charge on any atom is -0.365 e. The summed E-state index contributed by atoms with van der Waals surface area (Å²) in [6, 6.07) is 15.3. The van der Waals surface area contributed by atoms with Gasteiger partial charge in [0.25, 0.3) is 0 Å². The van der Waals surface area contributed by atoms with Crippen molar-refractivity contribution in [1.29, 1.82) is 0 Å². The molecule has 1 aliphatic heterocycles. The molecule has 3 nitrogen and oxygen atoms in total. The number of carbonyl (C=O) groups excluding carboxylic acids is 1. The predicted octanol–water partition coefficient (Wildman–Crippen LogP) is 3.96. The van der Waals surface area contributed by atoms with Gasteiger partial charge in [0.15, 0.2) is 0 Å². The molecule has 1 fully saturated rings. The molecule has 0 aliphatic carbocycles. The highest BCUT2D eigenvalue weighted by molar-refractivity contribution is 8.00. The lowest BCUT2D eigenvalue weighted by atomic mass is 10.1. The molecule has 0 N–H and O–H groups in total. The smallest absolute Gasteiger partial charge is 0.233 e. The van der Waals surface area contributed by atoms with Gasteiger partial charge in [-0.3, -0.25) is 4.79 Å². The Morgan fingerprint density at radius 3 is 2.72 bits per heavy atom. The third-order valence-electron chi connectivity index (χ3n) is 4.50. The molecule has 25 heavy (non-hydrogen) atoms. The fourth-order valence-corrected chi connectivity index (χ4v) is 4.01. The number of hydrogen-bond donors (Lipinski definition) is 0. The Morgan fingerprint density at radius 2 is 2.00 bits per heavy atom. The van der Waals surface area contributed by atoms with Crippen LogP contribution < -0.4 is 4.90 Å². The van der Waals surface area contributed by atoms with Gasteiger partial charge in [0, 0.05) is 36.3 Å². The van der Waals surface area contributed by atoms with Crippen LogP contribution in [-0.4, -0.2) is 42.2 Å². The van der Waals surface area contributed by atoms with Gasteiger partial charge >= 0.3 is 0 Å². The van der Waals surface area contributed by atoms with Crippen molar-refractivity contribution in [2.45, 2.75) is 24.8 Å². The second kappa shape index (κ2) is 7.91. The van der Waals surface area contributed by atoms with E-state index in [1.54, 1.807) is 18.2 Å². The number of thioether (sulfide) groups is 1. The van der Waals surface area contributed by atoms with Crippen LogP contribution in [0.25, 0.3) is 0 Å². The number of carbonyl (C=O) groups is 1. The predicted molar refractivity (Wildman–Crippen MR) is 102 cm³/mol. The van der Waals surface area contributed by atoms with Crippen LogP contribution in [0.1, 0.15) is 12.5 Å². The lowest BCUT2D eigenvalue weighted by Crippen LogP contribution is -2.54. The third-order valence-corrected chi connectivity index (χ3v) is 5.53. The van der Waals surface area contributed by atoms with Crippen molar-refractivity contribution in [3.8, 4) is 0 Å². The molecule has 0 aromatic heterocycles. The number of nitrogens with zero attached hydrogens (tertiary/aromatic N) is 2. The van der Waals surface area contributed by atoms with Crippen molar-refractivity contribution < 1.29 is 9.18 Å². The van der Waals surface area contributed by atoms with Gasteiger partial charge in [-0.2, -0.15) is 0 Å². The zero-order chi connectivity index (χ0) is 17.8. The molecule has 132 valence electrons. The summed E-state index contributed by atoms with van der Waals surface area (Å²) < 4.78 is 13.7. The van der Waals surface area contributed by atoms with Crippen LogP contribution in [0.5, 0.6) is 0 Å². The van der Waals surface area contributed by atoms with Crippen LogP contribution in [0.3, 0.4) is 0 Å². The number of benzene rings is 2. The molecule has 1 amide bonds. The summed E-state index contributed by atoms with van der Waals surface area (Å²) >= 11 is 1.27. The fourth-order valence-electron chi connectivity index (χ4n) is 3.17. The largest absolute Gasteiger partial charge is 0.365 e. The number of halogens is 1. The van der Waals surface area contributed by atoms with E-state index < -0.39 is 0 Å². The minimum atomic E-state index is -0.266. The molecule has 3 rings (SSSR count). The molecule has 1 unspecified atom stereocenters. The van der Waals surface area contributed by atoms with Crippen LogP contribution in [0.2, 0.25) is 0 Å². The second-order valence-electron chi connectivity index (χ2n) is 6.44. The molecule has 0 bridgehead atoms. The maximum Gasteiger partial charge on any atom is 0.233 e. The van der Waals surface area contributed by atoms with Crippen molar-refractivity contribution in [2.24, 2.45) is 0 Å². The highest BCUT2D eigenvalue weighted by Crippen LogP contribution is 2.24. The second-order valence-corrected chi connectivity index (χ2v) is 7.46. The van der Waals surface area contributed by atoms with Gasteiger partial charge in [-0.05, 0) is 43.7 Å². The standard InChI is InChI=1S/C20H23FN2OS/c1-15-6-5-7-17(12-15)23-11-10-22(13-16(23)2)20(24)14-25-19-9-4-3-8-18(19)21/h3-9,12,16H,10-11,13-14H2,1-2H3. The van der Waals surface area contributed by atoms with Gasteiger partial charge in [0.05, 0.1) is 5.75 Å². The maximum atomic E-state index is 13.7. The van der Waals surface area contributed by atoms with Crippen LogP contribution in [0.4, 0.5) is 10.1 Å². The van der Waals surface area contributed by atoms with E-state index in [2.05, 4.69) is 43.0 Å². The summed E-state index contributed by atoms with van der Waals surface area (Å²) in [5.74, 6) is 0.0832. The first-order chi connectivity index (χ1) is 12.0. The quantitative estimate of drug-likeness (QED) is 0.773. The van der Waals surface area contributed by atoms with Gasteiger partial charge in [-0.25, -0.2) is 4.39 Å². The number of rotatable bonds is 4. The van der Waals surface area contributed by atoms with Crippen molar-refractivity contribution >= 4 is 23.4 Å². The molecule has 1 atom stereocenters. The van der Waals surface area contributed by atoms with E-state index in [0.29, 0.717) is 18.0 Å². The average molecular weight is 358 g/mol. The zero-order valence-electron chi connectivity index (χ0n) is 14.6. The average Bonchev–Trinajstić information content (AvgIpc) is 2.60. The molecular weight excluding hydrogens is 335 g/mol. The van der Waals surface area contributed by atoms with Crippen LogP contribution in [0, 0.1) is 12.7 Å². The summed E-state index contributed by atoms with van der Waals surface area (Å²) in [6.07, 6.45) is 0. The van der Waals surface area contributed by atoms with Crippen molar-refractivity contribution in [2.75, 3.05) is 30.3 Å². The monoisotopic (exact) mass is 358 g/mol. The zero-order valence-corrected chi connectivity index (χ0v) is 15.4. The Morgan fingerprint density at radius 1 is 1.20 bits per heavy atom. The Bertz CT molecular complexity index is 752. The summed E-state index contributed by atoms with van der Waals surface area (Å²) in [7, 11) is 0. The third kappa shape index (κ3) is 4.34. The van der Waals surface area contributed by atoms with E-state index in [1.165, 1.54) is 29.1 Å². The summed E-state index contributed by atoms with van der Waals surface area (Å²) in [5.41, 5.74) is 2.45. The topological polar surface area (TPSA) is 23.6 Å². The van der Waals surface area contributed by atoms with Crippen molar-refractivity contribution in [3.63, 3.8) is 0 Å². The fraction of sp³-hybridized carbons (Fsp3) is 0.350. The minimum absolute atomic E-state index is 0.0731. The molecule has 0 radical (unpaired) electrons. The summed E-state index contributed by atoms with van der Waals surface area (Å²) in [6.45, 7) is 6.46. The number of hydrogen-bond acceptors (Lipinski definition) is 3. The van der Waals surface area contributed by atoms with Gasteiger partial charge in [0.2, 0.25) is 5.91 Å². The van der Waals surface area contributed by atoms with Crippen LogP contribution in [0.15, 0.2) is 53.4 Å². The van der Waals surface area contributed by atoms with E-state index in [0.717, 1.165) is 6.54 Å². The van der Waals surface area contributed by atoms with E-state index in [1.807, 2.05) is 4.90 Å². The number of aryl methyl sites for hydroxylation is 1. The van der Waals surface area contributed by atoms with E-state index in [-0.39, 0.29) is 23.5 Å². The van der Waals surface area contributed by atoms with Gasteiger partial charge < -0.3 is 9.80 Å². The lowest BCUT2D eigenvalue weighted by Gasteiger charge is -2.41. The summed E-state index contributed by atoms with van der Waals surface area (Å²) in [5, 5.41) is 0. The lowest BCUT2D eigenvalue weighted by molar-refractivity contribution is -0.129. The molecule has 2 aromatic carbocycles. The molecule has 1 aliphatic rings. The van der Waals surface area contributed by atoms with Gasteiger partial charge in [-0.15, -0.1) is 11.8 Å². The summed E-state index contributed by atoms with van der Waals surface area (Å²) in [4.78, 5) is 17.3. The first kappa shape index (κ1) is 17.8. The number of anilines is 1. The molecule has 5 heteroatoms. The van der Waals surface area contributed by atoms with E-state index in [4.69, 9.17) is 0 Å². The van der Waals surface area contributed by atoms with Gasteiger partial charge in [-0.1, -0.05) is 24.3 Å². The Labute approximate surface area is 152 Å².